The van der Waals surface area contributed by atoms with Gasteiger partial charge in [-0.2, -0.15) is 5.26 Å². The summed E-state index contributed by atoms with van der Waals surface area (Å²) >= 11 is 0. The number of carbonyl (C=O) groups excluding carboxylic acids is 2. The maximum atomic E-state index is 13.4. The SMILES string of the molecule is Cc1ccc2c(c1)CC[C@H]2N1C(=O)[C@@H]2C[C@H]1CN2C[C@H](C)C(=O)N1C2C[C@H]2C[C@H]1C#N. The van der Waals surface area contributed by atoms with E-state index >= 15 is 0 Å². The van der Waals surface area contributed by atoms with Crippen LogP contribution in [0.4, 0.5) is 0 Å². The minimum Gasteiger partial charge on any atom is -0.330 e. The maximum Gasteiger partial charge on any atom is 0.240 e. The Bertz CT molecular complexity index is 1000. The highest BCUT2D eigenvalue weighted by Crippen LogP contribution is 2.48. The molecule has 1 aromatic rings. The van der Waals surface area contributed by atoms with Gasteiger partial charge in [0, 0.05) is 31.1 Å². The van der Waals surface area contributed by atoms with Crippen LogP contribution < -0.4 is 0 Å². The van der Waals surface area contributed by atoms with Gasteiger partial charge in [-0.05, 0) is 56.1 Å². The average Bonchev–Trinajstić information content (AvgIpc) is 3.08. The molecule has 6 nitrogen and oxygen atoms in total. The van der Waals surface area contributed by atoms with Crippen LogP contribution >= 0.6 is 0 Å². The third-order valence-electron chi connectivity index (χ3n) is 8.43. The van der Waals surface area contributed by atoms with Crippen LogP contribution in [-0.2, 0) is 16.0 Å². The van der Waals surface area contributed by atoms with E-state index in [1.165, 1.54) is 16.7 Å². The zero-order valence-electron chi connectivity index (χ0n) is 18.3. The Hall–Kier alpha value is -2.39. The Morgan fingerprint density at radius 3 is 2.87 bits per heavy atom. The smallest absolute Gasteiger partial charge is 0.240 e. The van der Waals surface area contributed by atoms with Gasteiger partial charge in [0.1, 0.15) is 6.04 Å². The molecular weight excluding hydrogens is 388 g/mol. The topological polar surface area (TPSA) is 67.7 Å². The summed E-state index contributed by atoms with van der Waals surface area (Å²) in [6.45, 7) is 5.57. The molecule has 1 aromatic carbocycles. The Labute approximate surface area is 183 Å². The zero-order chi connectivity index (χ0) is 21.4. The number of hydrogen-bond donors (Lipinski definition) is 0. The van der Waals surface area contributed by atoms with Crippen LogP contribution in [-0.4, -0.2) is 63.8 Å². The molecule has 0 radical (unpaired) electrons. The number of rotatable bonds is 4. The van der Waals surface area contributed by atoms with Gasteiger partial charge in [0.15, 0.2) is 0 Å². The lowest BCUT2D eigenvalue weighted by Gasteiger charge is -2.39. The molecule has 2 bridgehead atoms. The van der Waals surface area contributed by atoms with Crippen molar-refractivity contribution in [2.24, 2.45) is 11.8 Å². The lowest BCUT2D eigenvalue weighted by atomic mass is 10.0. The van der Waals surface area contributed by atoms with Gasteiger partial charge in [-0.1, -0.05) is 30.7 Å². The van der Waals surface area contributed by atoms with Crippen LogP contribution in [0.5, 0.6) is 0 Å². The van der Waals surface area contributed by atoms with E-state index in [9.17, 15) is 14.9 Å². The number of carbonyl (C=O) groups is 2. The van der Waals surface area contributed by atoms with E-state index in [-0.39, 0.29) is 47.9 Å². The zero-order valence-corrected chi connectivity index (χ0v) is 18.3. The summed E-state index contributed by atoms with van der Waals surface area (Å²) in [4.78, 5) is 32.7. The number of nitriles is 1. The number of piperazine rings is 1. The van der Waals surface area contributed by atoms with Gasteiger partial charge in [-0.25, -0.2) is 0 Å². The molecular formula is C25H30N4O2. The lowest BCUT2D eigenvalue weighted by molar-refractivity contribution is -0.142. The molecule has 2 aliphatic carbocycles. The predicted octanol–water partition coefficient (Wildman–Crippen LogP) is 2.42. The van der Waals surface area contributed by atoms with Crippen LogP contribution in [0, 0.1) is 30.1 Å². The fraction of sp³-hybridized carbons (Fsp3) is 0.640. The molecule has 3 aliphatic heterocycles. The van der Waals surface area contributed by atoms with Crippen molar-refractivity contribution in [3.63, 3.8) is 0 Å². The first-order valence-corrected chi connectivity index (χ1v) is 11.8. The van der Waals surface area contributed by atoms with Crippen molar-refractivity contribution in [2.45, 2.75) is 76.2 Å². The van der Waals surface area contributed by atoms with E-state index in [2.05, 4.69) is 41.0 Å². The van der Waals surface area contributed by atoms with Crippen LogP contribution in [0.3, 0.4) is 0 Å². The number of piperidine rings is 1. The van der Waals surface area contributed by atoms with E-state index in [0.717, 1.165) is 38.6 Å². The summed E-state index contributed by atoms with van der Waals surface area (Å²) in [5, 5.41) is 9.42. The van der Waals surface area contributed by atoms with Crippen LogP contribution in [0.15, 0.2) is 18.2 Å². The van der Waals surface area contributed by atoms with Crippen molar-refractivity contribution in [1.29, 1.82) is 5.26 Å². The largest absolute Gasteiger partial charge is 0.330 e. The average molecular weight is 419 g/mol. The van der Waals surface area contributed by atoms with Crippen molar-refractivity contribution in [1.82, 2.24) is 14.7 Å². The minimum absolute atomic E-state index is 0.0891. The predicted molar refractivity (Wildman–Crippen MR) is 115 cm³/mol. The molecule has 0 aromatic heterocycles. The molecule has 3 heterocycles. The van der Waals surface area contributed by atoms with Gasteiger partial charge >= 0.3 is 0 Å². The van der Waals surface area contributed by atoms with Crippen molar-refractivity contribution in [2.75, 3.05) is 13.1 Å². The normalized spacial score (nSPS) is 36.5. The van der Waals surface area contributed by atoms with Crippen molar-refractivity contribution < 1.29 is 9.59 Å². The number of likely N-dealkylation sites (tertiary alicyclic amines) is 3. The molecule has 0 spiro atoms. The van der Waals surface area contributed by atoms with Gasteiger partial charge in [0.05, 0.1) is 18.2 Å². The van der Waals surface area contributed by atoms with Gasteiger partial charge in [-0.3, -0.25) is 14.5 Å². The molecule has 3 saturated heterocycles. The second-order valence-electron chi connectivity index (χ2n) is 10.5. The van der Waals surface area contributed by atoms with Crippen molar-refractivity contribution >= 4 is 11.8 Å². The number of fused-ring (bicyclic) bond motifs is 4. The molecule has 1 unspecified atom stereocenters. The Morgan fingerprint density at radius 2 is 2.10 bits per heavy atom. The summed E-state index contributed by atoms with van der Waals surface area (Å²) in [5.74, 6) is 0.708. The summed E-state index contributed by atoms with van der Waals surface area (Å²) < 4.78 is 0. The van der Waals surface area contributed by atoms with Gasteiger partial charge in [-0.15, -0.1) is 0 Å². The molecule has 31 heavy (non-hydrogen) atoms. The highest BCUT2D eigenvalue weighted by Gasteiger charge is 2.56. The van der Waals surface area contributed by atoms with Gasteiger partial charge in [0.2, 0.25) is 11.8 Å². The summed E-state index contributed by atoms with van der Waals surface area (Å²) in [5.41, 5.74) is 4.01. The standard InChI is InChI=1S/C25H30N4O2/c1-14-3-5-20-16(7-14)4-6-21(20)29-19-10-23(25(29)31)27(13-19)12-15(2)24(30)28-18(11-26)8-17-9-22(17)28/h3,5,7,15,17-19,21-23H,4,6,8-10,12-13H2,1-2H3/t15-,17+,18-,19-,21+,22?,23-/m0/s1. The van der Waals surface area contributed by atoms with E-state index in [0.29, 0.717) is 12.5 Å². The molecule has 1 saturated carbocycles. The van der Waals surface area contributed by atoms with Gasteiger partial charge in [0.25, 0.3) is 0 Å². The van der Waals surface area contributed by atoms with Crippen molar-refractivity contribution in [3.05, 3.63) is 34.9 Å². The minimum atomic E-state index is -0.253. The van der Waals surface area contributed by atoms with E-state index in [4.69, 9.17) is 0 Å². The maximum absolute atomic E-state index is 13.4. The Kier molecular flexibility index (Phi) is 4.24. The molecule has 5 aliphatic rings. The monoisotopic (exact) mass is 418 g/mol. The molecule has 4 fully saturated rings. The van der Waals surface area contributed by atoms with E-state index in [1.807, 2.05) is 11.8 Å². The fourth-order valence-electron chi connectivity index (χ4n) is 6.89. The lowest BCUT2D eigenvalue weighted by Crippen LogP contribution is -2.53. The highest BCUT2D eigenvalue weighted by molar-refractivity contribution is 5.87. The van der Waals surface area contributed by atoms with Crippen LogP contribution in [0.1, 0.15) is 55.3 Å². The number of hydrogen-bond acceptors (Lipinski definition) is 4. The highest BCUT2D eigenvalue weighted by atomic mass is 16.2. The molecule has 7 atom stereocenters. The second kappa shape index (κ2) is 6.80. The molecule has 6 rings (SSSR count). The second-order valence-corrected chi connectivity index (χ2v) is 10.5. The van der Waals surface area contributed by atoms with Gasteiger partial charge < -0.3 is 9.80 Å². The van der Waals surface area contributed by atoms with Crippen LogP contribution in [0.25, 0.3) is 0 Å². The summed E-state index contributed by atoms with van der Waals surface area (Å²) in [6, 6.07) is 9.38. The first-order valence-electron chi connectivity index (χ1n) is 11.8. The Balaban J connectivity index is 1.13. The van der Waals surface area contributed by atoms with Crippen LogP contribution in [0.2, 0.25) is 0 Å². The molecule has 6 heteroatoms. The quantitative estimate of drug-likeness (QED) is 0.753. The summed E-state index contributed by atoms with van der Waals surface area (Å²) in [6.07, 6.45) is 4.85. The first-order chi connectivity index (χ1) is 15.0. The fourth-order valence-corrected chi connectivity index (χ4v) is 6.89. The molecule has 2 amide bonds. The van der Waals surface area contributed by atoms with E-state index in [1.54, 1.807) is 0 Å². The Morgan fingerprint density at radius 1 is 1.26 bits per heavy atom. The molecule has 162 valence electrons. The summed E-state index contributed by atoms with van der Waals surface area (Å²) in [7, 11) is 0. The molecule has 0 N–H and O–H groups in total. The third kappa shape index (κ3) is 2.86. The van der Waals surface area contributed by atoms with E-state index < -0.39 is 0 Å². The number of aryl methyl sites for hydroxylation is 2. The third-order valence-corrected chi connectivity index (χ3v) is 8.43. The first kappa shape index (κ1) is 19.3. The van der Waals surface area contributed by atoms with Crippen molar-refractivity contribution in [3.8, 4) is 6.07 Å². The number of amides is 2. The number of nitrogens with zero attached hydrogens (tertiary/aromatic N) is 4. The number of benzene rings is 1.